The monoisotopic (exact) mass is 423 g/mol. The molecular formula is C25H29NO5. The second-order valence-corrected chi connectivity index (χ2v) is 7.98. The largest absolute Gasteiger partial charge is 0.507 e. The van der Waals surface area contributed by atoms with Crippen LogP contribution < -0.4 is 4.74 Å². The average Bonchev–Trinajstić information content (AvgIpc) is 3.03. The number of amides is 1. The molecule has 2 aromatic carbocycles. The summed E-state index contributed by atoms with van der Waals surface area (Å²) in [6, 6.07) is 15.6. The number of hydrogen-bond acceptors (Lipinski definition) is 5. The third kappa shape index (κ3) is 5.14. The molecule has 3 rings (SSSR count). The van der Waals surface area contributed by atoms with Gasteiger partial charge in [0.15, 0.2) is 0 Å². The molecule has 1 aliphatic rings. The Balaban J connectivity index is 2.03. The number of carbonyl (C=O) groups is 2. The predicted octanol–water partition coefficient (Wildman–Crippen LogP) is 4.18. The van der Waals surface area contributed by atoms with E-state index in [1.165, 1.54) is 4.90 Å². The molecule has 1 amide bonds. The summed E-state index contributed by atoms with van der Waals surface area (Å²) in [4.78, 5) is 27.3. The standard InChI is InChI=1S/C25H29NO5/c1-17(2)16-31-20-12-7-11-19(15-20)23(27)21-22(18-9-5-4-6-10-18)26(13-8-14-30-3)25(29)24(21)28/h4-7,9-12,15,17,22,27H,8,13-14,16H2,1-3H3/b23-21-. The van der Waals surface area contributed by atoms with Gasteiger partial charge in [-0.05, 0) is 30.0 Å². The molecule has 0 bridgehead atoms. The highest BCUT2D eigenvalue weighted by Crippen LogP contribution is 2.39. The number of nitrogens with zero attached hydrogens (tertiary/aromatic N) is 1. The van der Waals surface area contributed by atoms with Crippen molar-refractivity contribution in [2.24, 2.45) is 5.92 Å². The minimum atomic E-state index is -0.683. The summed E-state index contributed by atoms with van der Waals surface area (Å²) < 4.78 is 10.9. The van der Waals surface area contributed by atoms with Crippen LogP contribution in [0.2, 0.25) is 0 Å². The number of Topliss-reactive ketones (excluding diaryl/α,β-unsaturated/α-hetero) is 1. The van der Waals surface area contributed by atoms with E-state index < -0.39 is 17.7 Å². The average molecular weight is 424 g/mol. The van der Waals surface area contributed by atoms with E-state index in [4.69, 9.17) is 9.47 Å². The second-order valence-electron chi connectivity index (χ2n) is 7.98. The van der Waals surface area contributed by atoms with Gasteiger partial charge in [-0.2, -0.15) is 0 Å². The highest BCUT2D eigenvalue weighted by Gasteiger charge is 2.45. The summed E-state index contributed by atoms with van der Waals surface area (Å²) in [5.74, 6) is -0.538. The second kappa shape index (κ2) is 10.3. The number of ketones is 1. The maximum absolute atomic E-state index is 13.0. The van der Waals surface area contributed by atoms with Crippen LogP contribution in [-0.2, 0) is 14.3 Å². The number of aliphatic hydroxyl groups excluding tert-OH is 1. The van der Waals surface area contributed by atoms with E-state index in [2.05, 4.69) is 13.8 Å². The van der Waals surface area contributed by atoms with E-state index in [0.717, 1.165) is 5.56 Å². The Bertz CT molecular complexity index is 951. The number of likely N-dealkylation sites (tertiary alicyclic amines) is 1. The van der Waals surface area contributed by atoms with Crippen LogP contribution in [0.5, 0.6) is 5.75 Å². The summed E-state index contributed by atoms with van der Waals surface area (Å²) in [7, 11) is 1.59. The number of aliphatic hydroxyl groups is 1. The zero-order valence-electron chi connectivity index (χ0n) is 18.2. The molecule has 1 fully saturated rings. The van der Waals surface area contributed by atoms with Crippen LogP contribution in [0.4, 0.5) is 0 Å². The van der Waals surface area contributed by atoms with Crippen molar-refractivity contribution >= 4 is 17.4 Å². The van der Waals surface area contributed by atoms with E-state index in [1.807, 2.05) is 30.3 Å². The molecule has 1 unspecified atom stereocenters. The van der Waals surface area contributed by atoms with E-state index in [9.17, 15) is 14.7 Å². The van der Waals surface area contributed by atoms with Crippen molar-refractivity contribution in [3.05, 3.63) is 71.3 Å². The number of methoxy groups -OCH3 is 1. The molecule has 6 nitrogen and oxygen atoms in total. The zero-order chi connectivity index (χ0) is 22.4. The summed E-state index contributed by atoms with van der Waals surface area (Å²) in [6.07, 6.45) is 0.589. The van der Waals surface area contributed by atoms with Crippen LogP contribution in [-0.4, -0.2) is 48.6 Å². The van der Waals surface area contributed by atoms with Gasteiger partial charge in [-0.3, -0.25) is 9.59 Å². The van der Waals surface area contributed by atoms with Crippen LogP contribution in [0.3, 0.4) is 0 Å². The minimum absolute atomic E-state index is 0.0922. The van der Waals surface area contributed by atoms with Crippen molar-refractivity contribution in [2.45, 2.75) is 26.3 Å². The molecule has 1 heterocycles. The SMILES string of the molecule is COCCCN1C(=O)C(=O)/C(=C(\O)c2cccc(OCC(C)C)c2)C1c1ccccc1. The number of rotatable bonds is 9. The molecule has 6 heteroatoms. The molecule has 0 spiro atoms. The van der Waals surface area contributed by atoms with Crippen molar-refractivity contribution in [1.82, 2.24) is 4.90 Å². The van der Waals surface area contributed by atoms with Crippen LogP contribution in [0.15, 0.2) is 60.2 Å². The minimum Gasteiger partial charge on any atom is -0.507 e. The highest BCUT2D eigenvalue weighted by molar-refractivity contribution is 6.46. The van der Waals surface area contributed by atoms with Gasteiger partial charge in [0.25, 0.3) is 11.7 Å². The Labute approximate surface area is 183 Å². The predicted molar refractivity (Wildman–Crippen MR) is 119 cm³/mol. The number of ether oxygens (including phenoxy) is 2. The van der Waals surface area contributed by atoms with Crippen molar-refractivity contribution < 1.29 is 24.2 Å². The van der Waals surface area contributed by atoms with E-state index >= 15 is 0 Å². The quantitative estimate of drug-likeness (QED) is 0.283. The van der Waals surface area contributed by atoms with E-state index in [-0.39, 0.29) is 11.3 Å². The molecule has 0 aromatic heterocycles. The first-order valence-corrected chi connectivity index (χ1v) is 10.5. The first-order valence-electron chi connectivity index (χ1n) is 10.5. The Morgan fingerprint density at radius 2 is 1.84 bits per heavy atom. The maximum atomic E-state index is 13.0. The third-order valence-electron chi connectivity index (χ3n) is 5.09. The molecule has 0 saturated carbocycles. The molecule has 1 saturated heterocycles. The molecule has 164 valence electrons. The smallest absolute Gasteiger partial charge is 0.295 e. The topological polar surface area (TPSA) is 76.1 Å². The molecular weight excluding hydrogens is 394 g/mol. The molecule has 0 radical (unpaired) electrons. The molecule has 0 aliphatic carbocycles. The first-order chi connectivity index (χ1) is 14.9. The summed E-state index contributed by atoms with van der Waals surface area (Å²) in [6.45, 7) is 5.47. The first kappa shape index (κ1) is 22.6. The lowest BCUT2D eigenvalue weighted by Gasteiger charge is -2.25. The Morgan fingerprint density at radius 3 is 2.52 bits per heavy atom. The van der Waals surface area contributed by atoms with Crippen LogP contribution >= 0.6 is 0 Å². The summed E-state index contributed by atoms with van der Waals surface area (Å²) >= 11 is 0. The fourth-order valence-electron chi connectivity index (χ4n) is 3.62. The van der Waals surface area contributed by atoms with E-state index in [1.54, 1.807) is 31.4 Å². The van der Waals surface area contributed by atoms with Gasteiger partial charge in [-0.15, -0.1) is 0 Å². The fraction of sp³-hybridized carbons (Fsp3) is 0.360. The zero-order valence-corrected chi connectivity index (χ0v) is 18.2. The van der Waals surface area contributed by atoms with Gasteiger partial charge in [0.05, 0.1) is 18.2 Å². The summed E-state index contributed by atoms with van der Waals surface area (Å²) in [5, 5.41) is 11.1. The van der Waals surface area contributed by atoms with Crippen molar-refractivity contribution in [2.75, 3.05) is 26.9 Å². The van der Waals surface area contributed by atoms with Gasteiger partial charge >= 0.3 is 0 Å². The van der Waals surface area contributed by atoms with Crippen molar-refractivity contribution in [3.8, 4) is 5.75 Å². The Morgan fingerprint density at radius 1 is 1.10 bits per heavy atom. The van der Waals surface area contributed by atoms with E-state index in [0.29, 0.717) is 43.4 Å². The molecule has 1 atom stereocenters. The van der Waals surface area contributed by atoms with Gasteiger partial charge in [0.1, 0.15) is 11.5 Å². The Kier molecular flexibility index (Phi) is 7.47. The molecule has 1 aliphatic heterocycles. The van der Waals surface area contributed by atoms with Gasteiger partial charge in [-0.25, -0.2) is 0 Å². The summed E-state index contributed by atoms with van der Waals surface area (Å²) in [5.41, 5.74) is 1.31. The van der Waals surface area contributed by atoms with Crippen LogP contribution in [0.1, 0.15) is 37.4 Å². The highest BCUT2D eigenvalue weighted by atomic mass is 16.5. The Hall–Kier alpha value is -3.12. The lowest BCUT2D eigenvalue weighted by atomic mass is 9.95. The van der Waals surface area contributed by atoms with Gasteiger partial charge in [0.2, 0.25) is 0 Å². The molecule has 31 heavy (non-hydrogen) atoms. The van der Waals surface area contributed by atoms with Gasteiger partial charge in [0, 0.05) is 25.8 Å². The molecule has 1 N–H and O–H groups in total. The van der Waals surface area contributed by atoms with Crippen LogP contribution in [0, 0.1) is 5.92 Å². The number of benzene rings is 2. The lowest BCUT2D eigenvalue weighted by Crippen LogP contribution is -2.31. The number of hydrogen-bond donors (Lipinski definition) is 1. The third-order valence-corrected chi connectivity index (χ3v) is 5.09. The normalized spacial score (nSPS) is 18.1. The van der Waals surface area contributed by atoms with Crippen molar-refractivity contribution in [3.63, 3.8) is 0 Å². The van der Waals surface area contributed by atoms with Crippen molar-refractivity contribution in [1.29, 1.82) is 0 Å². The maximum Gasteiger partial charge on any atom is 0.295 e. The number of carbonyl (C=O) groups excluding carboxylic acids is 2. The lowest BCUT2D eigenvalue weighted by molar-refractivity contribution is -0.140. The fourth-order valence-corrected chi connectivity index (χ4v) is 3.62. The van der Waals surface area contributed by atoms with Gasteiger partial charge < -0.3 is 19.5 Å². The molecule has 2 aromatic rings. The van der Waals surface area contributed by atoms with Gasteiger partial charge in [-0.1, -0.05) is 56.3 Å². The van der Waals surface area contributed by atoms with Crippen LogP contribution in [0.25, 0.3) is 5.76 Å².